The molecule has 1 aliphatic rings. The molecule has 0 spiro atoms. The first kappa shape index (κ1) is 20.6. The lowest BCUT2D eigenvalue weighted by Crippen LogP contribution is -2.44. The molecule has 8 nitrogen and oxygen atoms in total. The quantitative estimate of drug-likeness (QED) is 0.545. The molecule has 0 aliphatic carbocycles. The molecule has 0 radical (unpaired) electrons. The van der Waals surface area contributed by atoms with Crippen LogP contribution in [0.5, 0.6) is 0 Å². The smallest absolute Gasteiger partial charge is 0.309 e. The molecule has 3 atom stereocenters. The minimum absolute atomic E-state index is 0.0891. The zero-order valence-corrected chi connectivity index (χ0v) is 17.0. The molecule has 3 unspecified atom stereocenters. The van der Waals surface area contributed by atoms with Crippen molar-refractivity contribution in [3.05, 3.63) is 45.6 Å². The van der Waals surface area contributed by atoms with Gasteiger partial charge in [0, 0.05) is 28.6 Å². The Hall–Kier alpha value is -3.16. The number of Topliss-reactive ketones (excluding diaryl/α,β-unsaturated/α-hetero) is 1. The van der Waals surface area contributed by atoms with Crippen LogP contribution in [0.2, 0.25) is 0 Å². The van der Waals surface area contributed by atoms with Gasteiger partial charge in [0.1, 0.15) is 5.69 Å². The molecule has 29 heavy (non-hydrogen) atoms. The number of hydrogen-bond donors (Lipinski definition) is 0. The molecule has 1 aliphatic heterocycles. The molecule has 8 heteroatoms. The number of rotatable bonds is 6. The normalized spacial score (nSPS) is 17.7. The van der Waals surface area contributed by atoms with Gasteiger partial charge in [0.05, 0.1) is 22.9 Å². The van der Waals surface area contributed by atoms with Crippen LogP contribution >= 0.6 is 0 Å². The number of amides is 1. The van der Waals surface area contributed by atoms with Crippen LogP contribution < -0.4 is 0 Å². The molecule has 1 amide bonds. The number of carbonyl (C=O) groups is 2. The summed E-state index contributed by atoms with van der Waals surface area (Å²) in [5, 5.41) is 11.7. The van der Waals surface area contributed by atoms with Gasteiger partial charge in [-0.05, 0) is 38.8 Å². The van der Waals surface area contributed by atoms with Crippen LogP contribution in [0, 0.1) is 10.1 Å². The average Bonchev–Trinajstić information content (AvgIpc) is 2.72. The summed E-state index contributed by atoms with van der Waals surface area (Å²) in [5.41, 5.74) is 1.40. The molecule has 0 bridgehead atoms. The third kappa shape index (κ3) is 3.62. The van der Waals surface area contributed by atoms with Gasteiger partial charge in [-0.3, -0.25) is 29.7 Å². The van der Waals surface area contributed by atoms with Crippen molar-refractivity contribution in [1.29, 1.82) is 0 Å². The van der Waals surface area contributed by atoms with E-state index < -0.39 is 16.7 Å². The standard InChI is InChI=1S/C21H24N4O4/c1-5-12(3)24(13(4)6-2)21(27)15-9-14-7-8-16-19(18(14)22-10-15)23-11-17(20(16)26)25(28)29/h7-13,17H,5-6H2,1-4H3. The minimum atomic E-state index is -1.47. The zero-order valence-electron chi connectivity index (χ0n) is 17.0. The Bertz CT molecular complexity index is 1010. The van der Waals surface area contributed by atoms with Crippen LogP contribution in [-0.2, 0) is 0 Å². The number of fused-ring (bicyclic) bond motifs is 3. The van der Waals surface area contributed by atoms with Crippen molar-refractivity contribution in [2.45, 2.75) is 58.7 Å². The highest BCUT2D eigenvalue weighted by molar-refractivity contribution is 6.18. The lowest BCUT2D eigenvalue weighted by Gasteiger charge is -2.34. The average molecular weight is 396 g/mol. The summed E-state index contributed by atoms with van der Waals surface area (Å²) in [6.07, 6.45) is 4.22. The number of aromatic nitrogens is 1. The molecular formula is C21H24N4O4. The SMILES string of the molecule is CCC(C)N(C(=O)c1cnc2c3c(ccc2c1)C(=O)C([N+](=O)[O-])C=N3)C(C)CC. The van der Waals surface area contributed by atoms with Crippen LogP contribution in [0.4, 0.5) is 5.69 Å². The number of hydrogen-bond acceptors (Lipinski definition) is 6. The van der Waals surface area contributed by atoms with E-state index in [4.69, 9.17) is 0 Å². The largest absolute Gasteiger partial charge is 0.333 e. The Morgan fingerprint density at radius 3 is 2.48 bits per heavy atom. The second-order valence-corrected chi connectivity index (χ2v) is 7.36. The fraction of sp³-hybridized carbons (Fsp3) is 0.429. The molecule has 2 heterocycles. The topological polar surface area (TPSA) is 106 Å². The Kier molecular flexibility index (Phi) is 5.72. The van der Waals surface area contributed by atoms with Crippen molar-refractivity contribution >= 4 is 34.5 Å². The summed E-state index contributed by atoms with van der Waals surface area (Å²) in [5.74, 6) is -0.697. The second kappa shape index (κ2) is 8.06. The maximum absolute atomic E-state index is 13.2. The number of benzene rings is 1. The fourth-order valence-electron chi connectivity index (χ4n) is 3.53. The van der Waals surface area contributed by atoms with E-state index >= 15 is 0 Å². The number of aliphatic imine (C=N–C) groups is 1. The lowest BCUT2D eigenvalue weighted by atomic mass is 9.97. The Morgan fingerprint density at radius 2 is 1.90 bits per heavy atom. The summed E-state index contributed by atoms with van der Waals surface area (Å²) in [6, 6.07) is 3.63. The highest BCUT2D eigenvalue weighted by Crippen LogP contribution is 2.33. The summed E-state index contributed by atoms with van der Waals surface area (Å²) < 4.78 is 0. The van der Waals surface area contributed by atoms with Gasteiger partial charge in [0.25, 0.3) is 5.91 Å². The van der Waals surface area contributed by atoms with Crippen LogP contribution in [-0.4, -0.2) is 50.8 Å². The summed E-state index contributed by atoms with van der Waals surface area (Å²) >= 11 is 0. The van der Waals surface area contributed by atoms with E-state index in [9.17, 15) is 19.7 Å². The maximum atomic E-state index is 13.2. The monoisotopic (exact) mass is 396 g/mol. The van der Waals surface area contributed by atoms with Crippen LogP contribution in [0.15, 0.2) is 29.4 Å². The molecule has 152 valence electrons. The molecule has 2 aromatic rings. The minimum Gasteiger partial charge on any atom is -0.333 e. The molecule has 0 fully saturated rings. The van der Waals surface area contributed by atoms with Crippen molar-refractivity contribution in [2.75, 3.05) is 0 Å². The molecule has 1 aromatic carbocycles. The summed E-state index contributed by atoms with van der Waals surface area (Å²) in [6.45, 7) is 8.15. The number of nitro groups is 1. The van der Waals surface area contributed by atoms with Crippen molar-refractivity contribution < 1.29 is 14.5 Å². The highest BCUT2D eigenvalue weighted by Gasteiger charge is 2.34. The predicted molar refractivity (Wildman–Crippen MR) is 111 cm³/mol. The van der Waals surface area contributed by atoms with E-state index in [2.05, 4.69) is 9.98 Å². The van der Waals surface area contributed by atoms with Crippen molar-refractivity contribution in [1.82, 2.24) is 9.88 Å². The number of nitrogens with zero attached hydrogens (tertiary/aromatic N) is 4. The van der Waals surface area contributed by atoms with Gasteiger partial charge in [-0.15, -0.1) is 0 Å². The molecule has 0 saturated heterocycles. The van der Waals surface area contributed by atoms with Gasteiger partial charge < -0.3 is 4.90 Å². The Morgan fingerprint density at radius 1 is 1.24 bits per heavy atom. The molecule has 3 rings (SSSR count). The van der Waals surface area contributed by atoms with E-state index in [0.29, 0.717) is 22.2 Å². The van der Waals surface area contributed by atoms with Gasteiger partial charge in [-0.1, -0.05) is 19.9 Å². The second-order valence-electron chi connectivity index (χ2n) is 7.36. The zero-order chi connectivity index (χ0) is 21.3. The van der Waals surface area contributed by atoms with Gasteiger partial charge in [0.2, 0.25) is 5.78 Å². The summed E-state index contributed by atoms with van der Waals surface area (Å²) in [4.78, 5) is 46.3. The first-order chi connectivity index (χ1) is 13.8. The number of carbonyl (C=O) groups excluding carboxylic acids is 2. The number of ketones is 1. The van der Waals surface area contributed by atoms with Crippen LogP contribution in [0.3, 0.4) is 0 Å². The third-order valence-electron chi connectivity index (χ3n) is 5.55. The summed E-state index contributed by atoms with van der Waals surface area (Å²) in [7, 11) is 0. The third-order valence-corrected chi connectivity index (χ3v) is 5.55. The van der Waals surface area contributed by atoms with E-state index in [1.807, 2.05) is 32.6 Å². The van der Waals surface area contributed by atoms with E-state index in [1.54, 1.807) is 12.1 Å². The fourth-order valence-corrected chi connectivity index (χ4v) is 3.53. The van der Waals surface area contributed by atoms with Crippen molar-refractivity contribution in [3.8, 4) is 0 Å². The first-order valence-corrected chi connectivity index (χ1v) is 9.77. The highest BCUT2D eigenvalue weighted by atomic mass is 16.6. The Labute approximate surface area is 168 Å². The van der Waals surface area contributed by atoms with Crippen molar-refractivity contribution in [3.63, 3.8) is 0 Å². The van der Waals surface area contributed by atoms with Gasteiger partial charge in [-0.25, -0.2) is 0 Å². The van der Waals surface area contributed by atoms with Crippen LogP contribution in [0.25, 0.3) is 10.9 Å². The van der Waals surface area contributed by atoms with Crippen LogP contribution in [0.1, 0.15) is 61.3 Å². The van der Waals surface area contributed by atoms with Gasteiger partial charge >= 0.3 is 6.04 Å². The van der Waals surface area contributed by atoms with E-state index in [-0.39, 0.29) is 23.6 Å². The molecular weight excluding hydrogens is 372 g/mol. The lowest BCUT2D eigenvalue weighted by molar-refractivity contribution is -0.485. The predicted octanol–water partition coefficient (Wildman–Crippen LogP) is 3.82. The van der Waals surface area contributed by atoms with Gasteiger partial charge in [-0.2, -0.15) is 0 Å². The number of pyridine rings is 1. The Balaban J connectivity index is 2.03. The maximum Gasteiger partial charge on any atom is 0.309 e. The molecule has 1 aromatic heterocycles. The molecule has 0 saturated carbocycles. The molecule has 0 N–H and O–H groups in total. The first-order valence-electron chi connectivity index (χ1n) is 9.77. The van der Waals surface area contributed by atoms with E-state index in [1.165, 1.54) is 12.3 Å². The van der Waals surface area contributed by atoms with Crippen molar-refractivity contribution in [2.24, 2.45) is 4.99 Å². The van der Waals surface area contributed by atoms with E-state index in [0.717, 1.165) is 19.1 Å². The van der Waals surface area contributed by atoms with Gasteiger partial charge in [0.15, 0.2) is 0 Å².